The molecular weight excluding hydrogens is 305 g/mol. The summed E-state index contributed by atoms with van der Waals surface area (Å²) in [6.07, 6.45) is -0.362. The third-order valence-electron chi connectivity index (χ3n) is 4.40. The van der Waals surface area contributed by atoms with Crippen molar-refractivity contribution in [2.24, 2.45) is 11.7 Å². The van der Waals surface area contributed by atoms with Gasteiger partial charge in [-0.3, -0.25) is 4.79 Å². The fourth-order valence-electron chi connectivity index (χ4n) is 3.13. The summed E-state index contributed by atoms with van der Waals surface area (Å²) in [5, 5.41) is 2.90. The van der Waals surface area contributed by atoms with Crippen LogP contribution < -0.4 is 11.1 Å². The Morgan fingerprint density at radius 3 is 2.48 bits per heavy atom. The van der Waals surface area contributed by atoms with Crippen molar-refractivity contribution in [2.75, 3.05) is 0 Å². The van der Waals surface area contributed by atoms with E-state index in [4.69, 9.17) is 5.73 Å². The van der Waals surface area contributed by atoms with Gasteiger partial charge in [-0.1, -0.05) is 18.6 Å². The Kier molecular flexibility index (Phi) is 5.68. The minimum absolute atomic E-state index is 0.0354. The summed E-state index contributed by atoms with van der Waals surface area (Å²) in [5.41, 5.74) is 6.07. The molecule has 0 aliphatic heterocycles. The molecule has 3 atom stereocenters. The number of carbonyl (C=O) groups excluding carboxylic acids is 1. The smallest absolute Gasteiger partial charge is 0.353 e. The largest absolute Gasteiger partial charge is 0.416 e. The Morgan fingerprint density at radius 2 is 1.96 bits per heavy atom. The third-order valence-corrected chi connectivity index (χ3v) is 4.40. The molecule has 128 valence electrons. The van der Waals surface area contributed by atoms with E-state index in [-0.39, 0.29) is 23.9 Å². The van der Waals surface area contributed by atoms with E-state index in [9.17, 15) is 18.0 Å². The van der Waals surface area contributed by atoms with Crippen LogP contribution in [0.25, 0.3) is 0 Å². The monoisotopic (exact) mass is 328 g/mol. The molecule has 0 aromatic heterocycles. The minimum Gasteiger partial charge on any atom is -0.353 e. The molecule has 23 heavy (non-hydrogen) atoms. The number of benzene rings is 1. The van der Waals surface area contributed by atoms with Crippen LogP contribution in [0.1, 0.15) is 43.7 Å². The summed E-state index contributed by atoms with van der Waals surface area (Å²) < 4.78 is 37.5. The van der Waals surface area contributed by atoms with Crippen LogP contribution in [0.5, 0.6) is 0 Å². The van der Waals surface area contributed by atoms with Crippen LogP contribution in [0.15, 0.2) is 24.3 Å². The SMILES string of the molecule is CC(Cc1ccc(C(F)(F)F)cc1)NC(=O)C[C@@H]1CCC[C@H]1N. The Hall–Kier alpha value is -1.56. The van der Waals surface area contributed by atoms with Gasteiger partial charge in [-0.05, 0) is 49.8 Å². The first-order valence-electron chi connectivity index (χ1n) is 7.97. The second-order valence-electron chi connectivity index (χ2n) is 6.43. The average molecular weight is 328 g/mol. The van der Waals surface area contributed by atoms with Crippen molar-refractivity contribution in [3.63, 3.8) is 0 Å². The predicted molar refractivity (Wildman–Crippen MR) is 82.7 cm³/mol. The Morgan fingerprint density at radius 1 is 1.30 bits per heavy atom. The number of hydrogen-bond acceptors (Lipinski definition) is 2. The first kappa shape index (κ1) is 17.8. The second-order valence-corrected chi connectivity index (χ2v) is 6.43. The summed E-state index contributed by atoms with van der Waals surface area (Å²) in [6, 6.07) is 5.03. The van der Waals surface area contributed by atoms with Crippen molar-refractivity contribution in [1.29, 1.82) is 0 Å². The first-order chi connectivity index (χ1) is 10.8. The van der Waals surface area contributed by atoms with Crippen molar-refractivity contribution >= 4 is 5.91 Å². The fourth-order valence-corrected chi connectivity index (χ4v) is 3.13. The lowest BCUT2D eigenvalue weighted by Gasteiger charge is -2.18. The van der Waals surface area contributed by atoms with Crippen molar-refractivity contribution in [3.8, 4) is 0 Å². The van der Waals surface area contributed by atoms with E-state index in [0.717, 1.165) is 37.0 Å². The molecule has 1 aliphatic carbocycles. The van der Waals surface area contributed by atoms with E-state index in [1.54, 1.807) is 0 Å². The normalized spacial score (nSPS) is 22.8. The highest BCUT2D eigenvalue weighted by Gasteiger charge is 2.30. The molecule has 0 heterocycles. The van der Waals surface area contributed by atoms with Crippen molar-refractivity contribution in [2.45, 2.75) is 57.3 Å². The average Bonchev–Trinajstić information content (AvgIpc) is 2.83. The number of amides is 1. The molecule has 1 fully saturated rings. The topological polar surface area (TPSA) is 55.1 Å². The molecule has 1 saturated carbocycles. The zero-order chi connectivity index (χ0) is 17.0. The van der Waals surface area contributed by atoms with Gasteiger partial charge in [-0.25, -0.2) is 0 Å². The zero-order valence-corrected chi connectivity index (χ0v) is 13.2. The van der Waals surface area contributed by atoms with E-state index in [0.29, 0.717) is 12.8 Å². The van der Waals surface area contributed by atoms with Gasteiger partial charge in [-0.15, -0.1) is 0 Å². The van der Waals surface area contributed by atoms with Gasteiger partial charge in [-0.2, -0.15) is 13.2 Å². The first-order valence-corrected chi connectivity index (χ1v) is 7.97. The number of hydrogen-bond donors (Lipinski definition) is 2. The number of halogens is 3. The molecule has 0 spiro atoms. The van der Waals surface area contributed by atoms with E-state index < -0.39 is 11.7 Å². The molecule has 1 amide bonds. The molecule has 0 bridgehead atoms. The zero-order valence-electron chi connectivity index (χ0n) is 13.2. The molecule has 3 nitrogen and oxygen atoms in total. The molecule has 1 aromatic rings. The molecule has 0 saturated heterocycles. The van der Waals surface area contributed by atoms with Crippen LogP contribution >= 0.6 is 0 Å². The predicted octanol–water partition coefficient (Wildman–Crippen LogP) is 3.27. The third kappa shape index (κ3) is 5.23. The van der Waals surface area contributed by atoms with Crippen molar-refractivity contribution in [1.82, 2.24) is 5.32 Å². The number of rotatable bonds is 5. The van der Waals surface area contributed by atoms with Gasteiger partial charge in [0.15, 0.2) is 0 Å². The van der Waals surface area contributed by atoms with Crippen LogP contribution in [-0.2, 0) is 17.4 Å². The lowest BCUT2D eigenvalue weighted by molar-refractivity contribution is -0.137. The summed E-state index contributed by atoms with van der Waals surface area (Å²) in [4.78, 5) is 12.0. The number of carbonyl (C=O) groups is 1. The van der Waals surface area contributed by atoms with E-state index >= 15 is 0 Å². The fraction of sp³-hybridized carbons (Fsp3) is 0.588. The Labute approximate surface area is 134 Å². The van der Waals surface area contributed by atoms with Gasteiger partial charge in [0.1, 0.15) is 0 Å². The maximum absolute atomic E-state index is 12.5. The summed E-state index contributed by atoms with van der Waals surface area (Å²) in [6.45, 7) is 1.85. The van der Waals surface area contributed by atoms with Gasteiger partial charge in [0.25, 0.3) is 0 Å². The van der Waals surface area contributed by atoms with Gasteiger partial charge < -0.3 is 11.1 Å². The lowest BCUT2D eigenvalue weighted by Crippen LogP contribution is -2.37. The maximum Gasteiger partial charge on any atom is 0.416 e. The summed E-state index contributed by atoms with van der Waals surface area (Å²) in [5.74, 6) is 0.208. The van der Waals surface area contributed by atoms with Crippen LogP contribution in [-0.4, -0.2) is 18.0 Å². The molecule has 1 aliphatic rings. The molecule has 1 aromatic carbocycles. The van der Waals surface area contributed by atoms with E-state index in [2.05, 4.69) is 5.32 Å². The van der Waals surface area contributed by atoms with Crippen LogP contribution in [0.2, 0.25) is 0 Å². The van der Waals surface area contributed by atoms with Gasteiger partial charge in [0.05, 0.1) is 5.56 Å². The molecule has 0 radical (unpaired) electrons. The van der Waals surface area contributed by atoms with Crippen LogP contribution in [0, 0.1) is 5.92 Å². The van der Waals surface area contributed by atoms with E-state index in [1.807, 2.05) is 6.92 Å². The number of nitrogens with two attached hydrogens (primary N) is 1. The van der Waals surface area contributed by atoms with E-state index in [1.165, 1.54) is 12.1 Å². The van der Waals surface area contributed by atoms with Crippen LogP contribution in [0.4, 0.5) is 13.2 Å². The van der Waals surface area contributed by atoms with Gasteiger partial charge in [0.2, 0.25) is 5.91 Å². The molecule has 1 unspecified atom stereocenters. The van der Waals surface area contributed by atoms with Crippen molar-refractivity contribution < 1.29 is 18.0 Å². The number of nitrogens with one attached hydrogen (secondary N) is 1. The molecular formula is C17H23F3N2O. The standard InChI is InChI=1S/C17H23F3N2O/c1-11(22-16(23)10-13-3-2-4-15(13)21)9-12-5-7-14(8-6-12)17(18,19)20/h5-8,11,13,15H,2-4,9-10,21H2,1H3,(H,22,23)/t11?,13-,15+/m0/s1. The Balaban J connectivity index is 1.82. The molecule has 2 rings (SSSR count). The second kappa shape index (κ2) is 7.34. The highest BCUT2D eigenvalue weighted by molar-refractivity contribution is 5.76. The minimum atomic E-state index is -4.32. The highest BCUT2D eigenvalue weighted by Crippen LogP contribution is 2.29. The highest BCUT2D eigenvalue weighted by atomic mass is 19.4. The maximum atomic E-state index is 12.5. The number of alkyl halides is 3. The Bertz CT molecular complexity index is 528. The summed E-state index contributed by atoms with van der Waals surface area (Å²) >= 11 is 0. The molecule has 3 N–H and O–H groups in total. The lowest BCUT2D eigenvalue weighted by atomic mass is 9.99. The van der Waals surface area contributed by atoms with Gasteiger partial charge in [0, 0.05) is 18.5 Å². The summed E-state index contributed by atoms with van der Waals surface area (Å²) in [7, 11) is 0. The molecule has 6 heteroatoms. The van der Waals surface area contributed by atoms with Crippen molar-refractivity contribution in [3.05, 3.63) is 35.4 Å². The van der Waals surface area contributed by atoms with Gasteiger partial charge >= 0.3 is 6.18 Å². The quantitative estimate of drug-likeness (QED) is 0.871. The van der Waals surface area contributed by atoms with Crippen LogP contribution in [0.3, 0.4) is 0 Å².